The SMILES string of the molecule is CCC1(C)C[C@H]2CC[C@@H](C1)N2C. The van der Waals surface area contributed by atoms with E-state index >= 15 is 0 Å². The Morgan fingerprint density at radius 1 is 1.25 bits per heavy atom. The average Bonchev–Trinajstić information content (AvgIpc) is 2.32. The molecule has 0 spiro atoms. The highest BCUT2D eigenvalue weighted by atomic mass is 15.2. The summed E-state index contributed by atoms with van der Waals surface area (Å²) in [5.74, 6) is 0. The lowest BCUT2D eigenvalue weighted by atomic mass is 9.75. The summed E-state index contributed by atoms with van der Waals surface area (Å²) in [5, 5.41) is 0. The van der Waals surface area contributed by atoms with E-state index in [2.05, 4.69) is 25.8 Å². The summed E-state index contributed by atoms with van der Waals surface area (Å²) in [6.07, 6.45) is 7.16. The largest absolute Gasteiger partial charge is 0.300 e. The number of hydrogen-bond acceptors (Lipinski definition) is 1. The van der Waals surface area contributed by atoms with Gasteiger partial charge in [-0.05, 0) is 38.1 Å². The van der Waals surface area contributed by atoms with E-state index in [-0.39, 0.29) is 0 Å². The quantitative estimate of drug-likeness (QED) is 0.580. The predicted molar refractivity (Wildman–Crippen MR) is 52.2 cm³/mol. The van der Waals surface area contributed by atoms with E-state index in [1.54, 1.807) is 0 Å². The summed E-state index contributed by atoms with van der Waals surface area (Å²) in [6, 6.07) is 1.82. The molecule has 2 rings (SSSR count). The van der Waals surface area contributed by atoms with Gasteiger partial charge in [0, 0.05) is 12.1 Å². The van der Waals surface area contributed by atoms with Gasteiger partial charge in [0.15, 0.2) is 0 Å². The predicted octanol–water partition coefficient (Wildman–Crippen LogP) is 2.66. The normalized spacial score (nSPS) is 48.2. The van der Waals surface area contributed by atoms with Crippen LogP contribution in [-0.4, -0.2) is 24.0 Å². The summed E-state index contributed by atoms with van der Waals surface area (Å²) < 4.78 is 0. The molecule has 0 aliphatic carbocycles. The van der Waals surface area contributed by atoms with Crippen LogP contribution < -0.4 is 0 Å². The molecule has 0 aromatic heterocycles. The van der Waals surface area contributed by atoms with Crippen LogP contribution in [-0.2, 0) is 0 Å². The van der Waals surface area contributed by atoms with E-state index in [4.69, 9.17) is 0 Å². The zero-order valence-electron chi connectivity index (χ0n) is 8.64. The van der Waals surface area contributed by atoms with Crippen molar-refractivity contribution in [3.63, 3.8) is 0 Å². The number of hydrogen-bond donors (Lipinski definition) is 0. The molecule has 12 heavy (non-hydrogen) atoms. The molecule has 0 saturated carbocycles. The molecule has 1 unspecified atom stereocenters. The van der Waals surface area contributed by atoms with Gasteiger partial charge in [-0.25, -0.2) is 0 Å². The van der Waals surface area contributed by atoms with E-state index in [1.165, 1.54) is 32.1 Å². The maximum Gasteiger partial charge on any atom is 0.0101 e. The molecule has 2 fully saturated rings. The summed E-state index contributed by atoms with van der Waals surface area (Å²) >= 11 is 0. The number of piperidine rings is 1. The first-order valence-electron chi connectivity index (χ1n) is 5.36. The summed E-state index contributed by atoms with van der Waals surface area (Å²) in [7, 11) is 2.32. The van der Waals surface area contributed by atoms with E-state index in [9.17, 15) is 0 Å². The van der Waals surface area contributed by atoms with Crippen molar-refractivity contribution in [1.29, 1.82) is 0 Å². The summed E-state index contributed by atoms with van der Waals surface area (Å²) in [4.78, 5) is 2.62. The monoisotopic (exact) mass is 167 g/mol. The van der Waals surface area contributed by atoms with Gasteiger partial charge in [0.2, 0.25) is 0 Å². The summed E-state index contributed by atoms with van der Waals surface area (Å²) in [6.45, 7) is 4.83. The highest BCUT2D eigenvalue weighted by molar-refractivity contribution is 4.97. The van der Waals surface area contributed by atoms with E-state index in [1.807, 2.05) is 0 Å². The van der Waals surface area contributed by atoms with Crippen molar-refractivity contribution < 1.29 is 0 Å². The van der Waals surface area contributed by atoms with Crippen LogP contribution in [0.25, 0.3) is 0 Å². The molecule has 1 nitrogen and oxygen atoms in total. The Hall–Kier alpha value is -0.0400. The third kappa shape index (κ3) is 1.19. The Morgan fingerprint density at radius 2 is 1.75 bits per heavy atom. The van der Waals surface area contributed by atoms with Crippen molar-refractivity contribution in [2.45, 2.75) is 58.0 Å². The van der Waals surface area contributed by atoms with Crippen molar-refractivity contribution >= 4 is 0 Å². The molecular formula is C11H21N. The van der Waals surface area contributed by atoms with Crippen molar-refractivity contribution in [3.8, 4) is 0 Å². The first kappa shape index (κ1) is 8.55. The molecule has 2 bridgehead atoms. The lowest BCUT2D eigenvalue weighted by Crippen LogP contribution is -2.44. The maximum absolute atomic E-state index is 2.62. The standard InChI is InChI=1S/C11H21N/c1-4-11(2)7-9-5-6-10(8-11)12(9)3/h9-10H,4-8H2,1-3H3/t9-,10+,11?. The first-order valence-corrected chi connectivity index (χ1v) is 5.36. The van der Waals surface area contributed by atoms with Gasteiger partial charge in [-0.3, -0.25) is 0 Å². The van der Waals surface area contributed by atoms with E-state index in [0.717, 1.165) is 12.1 Å². The Kier molecular flexibility index (Phi) is 1.95. The first-order chi connectivity index (χ1) is 5.64. The molecule has 2 heterocycles. The molecule has 0 aromatic rings. The lowest BCUT2D eigenvalue weighted by Gasteiger charge is -2.43. The van der Waals surface area contributed by atoms with Crippen molar-refractivity contribution in [3.05, 3.63) is 0 Å². The van der Waals surface area contributed by atoms with Gasteiger partial charge in [0.1, 0.15) is 0 Å². The molecule has 0 amide bonds. The molecular weight excluding hydrogens is 146 g/mol. The molecule has 3 atom stereocenters. The zero-order valence-corrected chi connectivity index (χ0v) is 8.64. The van der Waals surface area contributed by atoms with Gasteiger partial charge >= 0.3 is 0 Å². The number of nitrogens with zero attached hydrogens (tertiary/aromatic N) is 1. The molecule has 0 N–H and O–H groups in total. The second-order valence-electron chi connectivity index (χ2n) is 5.12. The van der Waals surface area contributed by atoms with Gasteiger partial charge in [-0.2, -0.15) is 0 Å². The van der Waals surface area contributed by atoms with Crippen molar-refractivity contribution in [2.75, 3.05) is 7.05 Å². The molecule has 2 aliphatic rings. The molecule has 1 heteroatoms. The smallest absolute Gasteiger partial charge is 0.0101 e. The molecule has 70 valence electrons. The fourth-order valence-electron chi connectivity index (χ4n) is 3.09. The van der Waals surface area contributed by atoms with Gasteiger partial charge in [-0.15, -0.1) is 0 Å². The highest BCUT2D eigenvalue weighted by Gasteiger charge is 2.43. The van der Waals surface area contributed by atoms with E-state index < -0.39 is 0 Å². The Labute approximate surface area is 76.1 Å². The number of rotatable bonds is 1. The summed E-state index contributed by atoms with van der Waals surface area (Å²) in [5.41, 5.74) is 0.665. The van der Waals surface area contributed by atoms with Gasteiger partial charge in [0.05, 0.1) is 0 Å². The van der Waals surface area contributed by atoms with Gasteiger partial charge in [0.25, 0.3) is 0 Å². The Balaban J connectivity index is 2.12. The van der Waals surface area contributed by atoms with Crippen LogP contribution >= 0.6 is 0 Å². The third-order valence-corrected chi connectivity index (χ3v) is 4.30. The van der Waals surface area contributed by atoms with E-state index in [0.29, 0.717) is 5.41 Å². The van der Waals surface area contributed by atoms with Crippen LogP contribution in [0, 0.1) is 5.41 Å². The van der Waals surface area contributed by atoms with Gasteiger partial charge < -0.3 is 4.90 Å². The van der Waals surface area contributed by atoms with Crippen molar-refractivity contribution in [1.82, 2.24) is 4.90 Å². The van der Waals surface area contributed by atoms with Gasteiger partial charge in [-0.1, -0.05) is 20.3 Å². The topological polar surface area (TPSA) is 3.24 Å². The van der Waals surface area contributed by atoms with Crippen molar-refractivity contribution in [2.24, 2.45) is 5.41 Å². The lowest BCUT2D eigenvalue weighted by molar-refractivity contribution is 0.0702. The average molecular weight is 167 g/mol. The Bertz CT molecular complexity index is 162. The molecule has 0 aromatic carbocycles. The Morgan fingerprint density at radius 3 is 2.17 bits per heavy atom. The van der Waals surface area contributed by atoms with Crippen LogP contribution in [0.4, 0.5) is 0 Å². The second kappa shape index (κ2) is 2.73. The maximum atomic E-state index is 2.62. The minimum Gasteiger partial charge on any atom is -0.300 e. The molecule has 2 saturated heterocycles. The molecule has 0 radical (unpaired) electrons. The van der Waals surface area contributed by atoms with Crippen LogP contribution in [0.1, 0.15) is 46.0 Å². The minimum absolute atomic E-state index is 0.665. The number of fused-ring (bicyclic) bond motifs is 2. The fraction of sp³-hybridized carbons (Fsp3) is 1.00. The van der Waals surface area contributed by atoms with Crippen LogP contribution in [0.15, 0.2) is 0 Å². The van der Waals surface area contributed by atoms with Crippen LogP contribution in [0.2, 0.25) is 0 Å². The zero-order chi connectivity index (χ0) is 8.77. The fourth-order valence-corrected chi connectivity index (χ4v) is 3.09. The second-order valence-corrected chi connectivity index (χ2v) is 5.12. The molecule has 2 aliphatic heterocycles. The third-order valence-electron chi connectivity index (χ3n) is 4.30. The highest BCUT2D eigenvalue weighted by Crippen LogP contribution is 2.46. The van der Waals surface area contributed by atoms with Crippen LogP contribution in [0.5, 0.6) is 0 Å². The van der Waals surface area contributed by atoms with Crippen LogP contribution in [0.3, 0.4) is 0 Å². The minimum atomic E-state index is 0.665.